The van der Waals surface area contributed by atoms with E-state index < -0.39 is 0 Å². The van der Waals surface area contributed by atoms with Gasteiger partial charge in [0.2, 0.25) is 0 Å². The second-order valence-corrected chi connectivity index (χ2v) is 6.96. The van der Waals surface area contributed by atoms with Crippen molar-refractivity contribution < 1.29 is 20.1 Å². The summed E-state index contributed by atoms with van der Waals surface area (Å²) in [6.45, 7) is 2.11. The molecular weight excluding hydrogens is 571 g/mol. The van der Waals surface area contributed by atoms with Crippen molar-refractivity contribution in [1.29, 1.82) is 0 Å². The third-order valence-electron chi connectivity index (χ3n) is 4.77. The predicted molar refractivity (Wildman–Crippen MR) is 126 cm³/mol. The first-order chi connectivity index (χ1) is 15.3. The smallest absolute Gasteiger partial charge is 0.0889 e. The Bertz CT molecular complexity index is 1180. The summed E-state index contributed by atoms with van der Waals surface area (Å²) in [7, 11) is 0. The van der Waals surface area contributed by atoms with Crippen molar-refractivity contribution in [1.82, 2.24) is 15.0 Å². The van der Waals surface area contributed by atoms with E-state index in [9.17, 15) is 0 Å². The molecule has 0 aliphatic heterocycles. The molecular formula is C28H22IrN3-. The topological polar surface area (TPSA) is 38.7 Å². The van der Waals surface area contributed by atoms with Crippen molar-refractivity contribution in [2.45, 2.75) is 6.92 Å². The van der Waals surface area contributed by atoms with Crippen LogP contribution in [0.5, 0.6) is 0 Å². The van der Waals surface area contributed by atoms with Gasteiger partial charge in [-0.3, -0.25) is 9.97 Å². The zero-order valence-corrected chi connectivity index (χ0v) is 20.0. The van der Waals surface area contributed by atoms with Crippen molar-refractivity contribution in [3.8, 4) is 33.8 Å². The minimum absolute atomic E-state index is 0. The van der Waals surface area contributed by atoms with Crippen molar-refractivity contribution in [2.24, 2.45) is 0 Å². The van der Waals surface area contributed by atoms with Crippen molar-refractivity contribution in [3.63, 3.8) is 0 Å². The molecule has 0 aliphatic carbocycles. The fourth-order valence-electron chi connectivity index (χ4n) is 3.21. The van der Waals surface area contributed by atoms with E-state index in [1.165, 1.54) is 16.7 Å². The zero-order valence-electron chi connectivity index (χ0n) is 17.6. The standard InChI is InChI=1S/C17H14N2.C11H8N.Ir/c1-13-11-17(16-9-5-6-10-18-16)19-12-15(13)14-7-3-2-4-8-14;1-2-6-10(7-3-1)11-8-4-5-9-12-11;/h2-12H,1H3;1-6,8-9H;/q;-1;. The summed E-state index contributed by atoms with van der Waals surface area (Å²) in [4.78, 5) is 13.1. The largest absolute Gasteiger partial charge is 0.305 e. The molecule has 0 N–H and O–H groups in total. The summed E-state index contributed by atoms with van der Waals surface area (Å²) in [6.07, 6.45) is 5.50. The van der Waals surface area contributed by atoms with Crippen molar-refractivity contribution in [2.75, 3.05) is 0 Å². The zero-order chi connectivity index (χ0) is 21.3. The molecule has 0 saturated heterocycles. The molecule has 0 amide bonds. The Morgan fingerprint density at radius 2 is 1.28 bits per heavy atom. The second kappa shape index (κ2) is 11.8. The SMILES string of the molecule is Cc1cc(-c2ccccn2)ncc1-c1ccccc1.[Ir].[c-]1ccccc1-c1ccccn1. The normalized spacial score (nSPS) is 9.78. The molecule has 32 heavy (non-hydrogen) atoms. The fraction of sp³-hybridized carbons (Fsp3) is 0.0357. The van der Waals surface area contributed by atoms with Gasteiger partial charge in [-0.1, -0.05) is 48.5 Å². The summed E-state index contributed by atoms with van der Waals surface area (Å²) in [6, 6.07) is 35.1. The van der Waals surface area contributed by atoms with Gasteiger partial charge < -0.3 is 4.98 Å². The minimum Gasteiger partial charge on any atom is -0.305 e. The number of aryl methyl sites for hydroxylation is 1. The van der Waals surface area contributed by atoms with Crippen LogP contribution >= 0.6 is 0 Å². The van der Waals surface area contributed by atoms with Crippen LogP contribution in [0.25, 0.3) is 33.8 Å². The van der Waals surface area contributed by atoms with Crippen LogP contribution in [0.15, 0.2) is 116 Å². The summed E-state index contributed by atoms with van der Waals surface area (Å²) >= 11 is 0. The monoisotopic (exact) mass is 593 g/mol. The number of hydrogen-bond donors (Lipinski definition) is 0. The number of pyridine rings is 3. The maximum Gasteiger partial charge on any atom is 0.0889 e. The van der Waals surface area contributed by atoms with Crippen LogP contribution in [0.2, 0.25) is 0 Å². The number of rotatable bonds is 3. The third kappa shape index (κ3) is 6.04. The number of nitrogens with zero attached hydrogens (tertiary/aromatic N) is 3. The van der Waals surface area contributed by atoms with E-state index in [1.54, 1.807) is 12.4 Å². The van der Waals surface area contributed by atoms with E-state index in [0.717, 1.165) is 22.6 Å². The molecule has 1 radical (unpaired) electrons. The Labute approximate surface area is 202 Å². The van der Waals surface area contributed by atoms with Gasteiger partial charge in [-0.25, -0.2) is 0 Å². The summed E-state index contributed by atoms with van der Waals surface area (Å²) < 4.78 is 0. The van der Waals surface area contributed by atoms with E-state index in [1.807, 2.05) is 85.1 Å². The van der Waals surface area contributed by atoms with Crippen LogP contribution in [-0.4, -0.2) is 15.0 Å². The molecule has 0 unspecified atom stereocenters. The molecule has 0 bridgehead atoms. The fourth-order valence-corrected chi connectivity index (χ4v) is 3.21. The average molecular weight is 593 g/mol. The van der Waals surface area contributed by atoms with E-state index >= 15 is 0 Å². The van der Waals surface area contributed by atoms with Gasteiger partial charge in [-0.2, -0.15) is 0 Å². The van der Waals surface area contributed by atoms with E-state index in [-0.39, 0.29) is 20.1 Å². The van der Waals surface area contributed by atoms with Gasteiger partial charge in [0.1, 0.15) is 0 Å². The molecule has 159 valence electrons. The molecule has 3 nitrogen and oxygen atoms in total. The Balaban J connectivity index is 0.000000193. The van der Waals surface area contributed by atoms with Crippen LogP contribution in [0.1, 0.15) is 5.56 Å². The van der Waals surface area contributed by atoms with Gasteiger partial charge in [-0.05, 0) is 48.0 Å². The van der Waals surface area contributed by atoms with Crippen LogP contribution in [0.3, 0.4) is 0 Å². The minimum atomic E-state index is 0. The molecule has 2 aromatic carbocycles. The second-order valence-electron chi connectivity index (χ2n) is 6.96. The molecule has 0 spiro atoms. The van der Waals surface area contributed by atoms with Gasteiger partial charge in [-0.15, -0.1) is 35.9 Å². The van der Waals surface area contributed by atoms with Crippen molar-refractivity contribution in [3.05, 3.63) is 127 Å². The molecule has 5 rings (SSSR count). The molecule has 4 heteroatoms. The first-order valence-corrected chi connectivity index (χ1v) is 10.1. The number of hydrogen-bond acceptors (Lipinski definition) is 3. The van der Waals surface area contributed by atoms with Crippen LogP contribution in [-0.2, 0) is 20.1 Å². The molecule has 0 fully saturated rings. The van der Waals surface area contributed by atoms with E-state index in [4.69, 9.17) is 0 Å². The van der Waals surface area contributed by atoms with Gasteiger partial charge in [0.25, 0.3) is 0 Å². The quantitative estimate of drug-likeness (QED) is 0.220. The van der Waals surface area contributed by atoms with Gasteiger partial charge in [0.05, 0.1) is 11.4 Å². The summed E-state index contributed by atoms with van der Waals surface area (Å²) in [5.41, 5.74) is 7.40. The van der Waals surface area contributed by atoms with Crippen LogP contribution in [0, 0.1) is 13.0 Å². The van der Waals surface area contributed by atoms with Gasteiger partial charge in [0.15, 0.2) is 0 Å². The third-order valence-corrected chi connectivity index (χ3v) is 4.77. The predicted octanol–water partition coefficient (Wildman–Crippen LogP) is 6.67. The number of aromatic nitrogens is 3. The maximum atomic E-state index is 4.52. The van der Waals surface area contributed by atoms with Crippen molar-refractivity contribution >= 4 is 0 Å². The van der Waals surface area contributed by atoms with E-state index in [0.29, 0.717) is 0 Å². The number of benzene rings is 2. The van der Waals surface area contributed by atoms with Crippen LogP contribution < -0.4 is 0 Å². The summed E-state index contributed by atoms with van der Waals surface area (Å²) in [5.74, 6) is 0. The first kappa shape index (κ1) is 23.2. The Morgan fingerprint density at radius 3 is 1.88 bits per heavy atom. The van der Waals surface area contributed by atoms with Gasteiger partial charge >= 0.3 is 0 Å². The Morgan fingerprint density at radius 1 is 0.625 bits per heavy atom. The summed E-state index contributed by atoms with van der Waals surface area (Å²) in [5, 5.41) is 0. The molecule has 0 saturated carbocycles. The molecule has 3 aromatic heterocycles. The van der Waals surface area contributed by atoms with E-state index in [2.05, 4.69) is 46.1 Å². The molecule has 0 aliphatic rings. The van der Waals surface area contributed by atoms with Crippen LogP contribution in [0.4, 0.5) is 0 Å². The average Bonchev–Trinajstić information content (AvgIpc) is 2.86. The van der Waals surface area contributed by atoms with Gasteiger partial charge in [0, 0.05) is 44.3 Å². The maximum absolute atomic E-state index is 4.52. The molecule has 0 atom stereocenters. The molecule has 3 heterocycles. The Hall–Kier alpha value is -3.46. The first-order valence-electron chi connectivity index (χ1n) is 10.1. The Kier molecular flexibility index (Phi) is 8.56. The molecule has 5 aromatic rings.